The maximum absolute atomic E-state index is 11.8. The van der Waals surface area contributed by atoms with E-state index in [9.17, 15) is 4.79 Å². The largest absolute Gasteiger partial charge is 0.496 e. The zero-order chi connectivity index (χ0) is 17.9. The van der Waals surface area contributed by atoms with Crippen molar-refractivity contribution >= 4 is 17.7 Å². The van der Waals surface area contributed by atoms with Gasteiger partial charge in [-0.3, -0.25) is 0 Å². The maximum Gasteiger partial charge on any atom is 0.412 e. The summed E-state index contributed by atoms with van der Waals surface area (Å²) < 4.78 is 10.8. The van der Waals surface area contributed by atoms with Crippen LogP contribution in [0.4, 0.5) is 4.79 Å². The van der Waals surface area contributed by atoms with Gasteiger partial charge in [0.15, 0.2) is 5.75 Å². The number of hydrogen-bond donors (Lipinski definition) is 1. The third-order valence-electron chi connectivity index (χ3n) is 3.49. The Hall–Kier alpha value is -2.20. The molecule has 0 aliphatic heterocycles. The van der Waals surface area contributed by atoms with E-state index in [1.807, 2.05) is 39.8 Å². The molecule has 4 nitrogen and oxygen atoms in total. The molecule has 0 aliphatic carbocycles. The van der Waals surface area contributed by atoms with Crippen LogP contribution >= 0.6 is 11.6 Å². The maximum atomic E-state index is 11.8. The Bertz CT molecular complexity index is 757. The van der Waals surface area contributed by atoms with E-state index < -0.39 is 6.09 Å². The molecule has 0 bridgehead atoms. The third kappa shape index (κ3) is 4.20. The van der Waals surface area contributed by atoms with Crippen LogP contribution in [0.15, 0.2) is 30.3 Å². The van der Waals surface area contributed by atoms with Crippen molar-refractivity contribution in [3.8, 4) is 22.6 Å². The summed E-state index contributed by atoms with van der Waals surface area (Å²) in [7, 11) is 1.64. The second kappa shape index (κ2) is 7.58. The SMILES string of the molecule is COc1cc(C)cc(C)c1-c1ccc(Cl)c(OC(=O)NC(C)C)c1. The zero-order valence-electron chi connectivity index (χ0n) is 14.6. The Balaban J connectivity index is 2.43. The molecule has 1 N–H and O–H groups in total. The molecule has 2 aromatic rings. The van der Waals surface area contributed by atoms with Gasteiger partial charge in [-0.25, -0.2) is 4.79 Å². The molecule has 0 saturated heterocycles. The smallest absolute Gasteiger partial charge is 0.412 e. The number of aryl methyl sites for hydroxylation is 2. The molecule has 5 heteroatoms. The van der Waals surface area contributed by atoms with Crippen LogP contribution in [0.2, 0.25) is 5.02 Å². The summed E-state index contributed by atoms with van der Waals surface area (Å²) in [5.74, 6) is 1.08. The fraction of sp³-hybridized carbons (Fsp3) is 0.316. The number of methoxy groups -OCH3 is 1. The van der Waals surface area contributed by atoms with E-state index in [1.54, 1.807) is 19.2 Å². The van der Waals surface area contributed by atoms with Gasteiger partial charge in [0, 0.05) is 11.6 Å². The Morgan fingerprint density at radius 1 is 1.12 bits per heavy atom. The van der Waals surface area contributed by atoms with Crippen LogP contribution in [-0.2, 0) is 0 Å². The molecule has 2 aromatic carbocycles. The van der Waals surface area contributed by atoms with Crippen molar-refractivity contribution in [2.24, 2.45) is 0 Å². The highest BCUT2D eigenvalue weighted by atomic mass is 35.5. The molecule has 128 valence electrons. The molecule has 0 radical (unpaired) electrons. The lowest BCUT2D eigenvalue weighted by Gasteiger charge is -2.15. The van der Waals surface area contributed by atoms with E-state index in [0.29, 0.717) is 10.8 Å². The van der Waals surface area contributed by atoms with Crippen molar-refractivity contribution in [2.45, 2.75) is 33.7 Å². The predicted molar refractivity (Wildman–Crippen MR) is 97.2 cm³/mol. The van der Waals surface area contributed by atoms with E-state index in [4.69, 9.17) is 21.1 Å². The second-order valence-corrected chi connectivity index (χ2v) is 6.40. The van der Waals surface area contributed by atoms with E-state index in [2.05, 4.69) is 11.4 Å². The van der Waals surface area contributed by atoms with E-state index in [1.165, 1.54) is 0 Å². The summed E-state index contributed by atoms with van der Waals surface area (Å²) in [4.78, 5) is 11.8. The highest BCUT2D eigenvalue weighted by Crippen LogP contribution is 2.38. The van der Waals surface area contributed by atoms with Gasteiger partial charge in [-0.2, -0.15) is 0 Å². The number of rotatable bonds is 4. The second-order valence-electron chi connectivity index (χ2n) is 5.99. The van der Waals surface area contributed by atoms with Crippen molar-refractivity contribution in [1.82, 2.24) is 5.32 Å². The van der Waals surface area contributed by atoms with Crippen LogP contribution in [0.1, 0.15) is 25.0 Å². The Labute approximate surface area is 147 Å². The number of nitrogens with one attached hydrogen (secondary N) is 1. The van der Waals surface area contributed by atoms with Crippen molar-refractivity contribution in [3.05, 3.63) is 46.5 Å². The Morgan fingerprint density at radius 2 is 1.83 bits per heavy atom. The third-order valence-corrected chi connectivity index (χ3v) is 3.80. The van der Waals surface area contributed by atoms with Crippen LogP contribution < -0.4 is 14.8 Å². The monoisotopic (exact) mass is 347 g/mol. The number of benzene rings is 2. The minimum absolute atomic E-state index is 0.0149. The first-order chi connectivity index (χ1) is 11.3. The molecule has 0 atom stereocenters. The van der Waals surface area contributed by atoms with Crippen molar-refractivity contribution in [3.63, 3.8) is 0 Å². The van der Waals surface area contributed by atoms with Gasteiger partial charge in [0.1, 0.15) is 5.75 Å². The lowest BCUT2D eigenvalue weighted by atomic mass is 9.97. The summed E-state index contributed by atoms with van der Waals surface area (Å²) in [6.07, 6.45) is -0.531. The van der Waals surface area contributed by atoms with Gasteiger partial charge in [-0.1, -0.05) is 23.7 Å². The molecule has 0 saturated carbocycles. The first kappa shape index (κ1) is 18.1. The molecule has 0 heterocycles. The number of amides is 1. The highest BCUT2D eigenvalue weighted by Gasteiger charge is 2.15. The van der Waals surface area contributed by atoms with E-state index >= 15 is 0 Å². The highest BCUT2D eigenvalue weighted by molar-refractivity contribution is 6.32. The summed E-state index contributed by atoms with van der Waals surface area (Å²) in [5.41, 5.74) is 4.02. The molecule has 2 rings (SSSR count). The van der Waals surface area contributed by atoms with Gasteiger partial charge in [0.25, 0.3) is 0 Å². The first-order valence-electron chi connectivity index (χ1n) is 7.75. The van der Waals surface area contributed by atoms with E-state index in [-0.39, 0.29) is 6.04 Å². The van der Waals surface area contributed by atoms with Gasteiger partial charge >= 0.3 is 6.09 Å². The lowest BCUT2D eigenvalue weighted by molar-refractivity contribution is 0.198. The first-order valence-corrected chi connectivity index (χ1v) is 8.13. The average molecular weight is 348 g/mol. The summed E-state index contributed by atoms with van der Waals surface area (Å²) >= 11 is 6.17. The fourth-order valence-corrected chi connectivity index (χ4v) is 2.72. The topological polar surface area (TPSA) is 47.6 Å². The summed E-state index contributed by atoms with van der Waals surface area (Å²) in [5, 5.41) is 3.05. The standard InChI is InChI=1S/C19H22ClNO3/c1-11(2)21-19(22)24-16-10-14(6-7-15(16)20)18-13(4)8-12(3)9-17(18)23-5/h6-11H,1-5H3,(H,21,22). The van der Waals surface area contributed by atoms with Crippen molar-refractivity contribution < 1.29 is 14.3 Å². The minimum Gasteiger partial charge on any atom is -0.496 e. The Morgan fingerprint density at radius 3 is 2.46 bits per heavy atom. The predicted octanol–water partition coefficient (Wildman–Crippen LogP) is 5.13. The lowest BCUT2D eigenvalue weighted by Crippen LogP contribution is -2.32. The van der Waals surface area contributed by atoms with Gasteiger partial charge < -0.3 is 14.8 Å². The van der Waals surface area contributed by atoms with Crippen LogP contribution in [0.5, 0.6) is 11.5 Å². The molecule has 0 spiro atoms. The number of ether oxygens (including phenoxy) is 2. The van der Waals surface area contributed by atoms with Gasteiger partial charge in [-0.15, -0.1) is 0 Å². The summed E-state index contributed by atoms with van der Waals surface area (Å²) in [6.45, 7) is 7.76. The number of hydrogen-bond acceptors (Lipinski definition) is 3. The van der Waals surface area contributed by atoms with Crippen LogP contribution in [0.25, 0.3) is 11.1 Å². The average Bonchev–Trinajstić information content (AvgIpc) is 2.48. The van der Waals surface area contributed by atoms with Gasteiger partial charge in [0.05, 0.1) is 12.1 Å². The van der Waals surface area contributed by atoms with Crippen molar-refractivity contribution in [1.29, 1.82) is 0 Å². The molecule has 0 fully saturated rings. The van der Waals surface area contributed by atoms with Crippen LogP contribution in [0.3, 0.4) is 0 Å². The number of carbonyl (C=O) groups excluding carboxylic acids is 1. The molecule has 1 amide bonds. The van der Waals surface area contributed by atoms with Crippen molar-refractivity contribution in [2.75, 3.05) is 7.11 Å². The Kier molecular flexibility index (Phi) is 5.73. The summed E-state index contributed by atoms with van der Waals surface area (Å²) in [6, 6.07) is 9.39. The zero-order valence-corrected chi connectivity index (χ0v) is 15.3. The molecular weight excluding hydrogens is 326 g/mol. The normalized spacial score (nSPS) is 10.6. The van der Waals surface area contributed by atoms with E-state index in [0.717, 1.165) is 28.0 Å². The minimum atomic E-state index is -0.531. The number of halogens is 1. The molecule has 0 unspecified atom stereocenters. The quantitative estimate of drug-likeness (QED) is 0.834. The molecular formula is C19H22ClNO3. The van der Waals surface area contributed by atoms with Gasteiger partial charge in [-0.05, 0) is 62.6 Å². The fourth-order valence-electron chi connectivity index (χ4n) is 2.56. The van der Waals surface area contributed by atoms with Crippen LogP contribution in [-0.4, -0.2) is 19.2 Å². The number of carbonyl (C=O) groups is 1. The molecule has 0 aromatic heterocycles. The molecule has 24 heavy (non-hydrogen) atoms. The molecule has 0 aliphatic rings. The van der Waals surface area contributed by atoms with Gasteiger partial charge in [0.2, 0.25) is 0 Å². The van der Waals surface area contributed by atoms with Crippen LogP contribution in [0, 0.1) is 13.8 Å².